The van der Waals surface area contributed by atoms with Crippen molar-refractivity contribution in [3.8, 4) is 0 Å². The molecule has 0 bridgehead atoms. The number of hydrogen-bond acceptors (Lipinski definition) is 6. The van der Waals surface area contributed by atoms with Crippen molar-refractivity contribution in [1.82, 2.24) is 9.97 Å². The van der Waals surface area contributed by atoms with Gasteiger partial charge in [0.1, 0.15) is 17.5 Å². The third-order valence-electron chi connectivity index (χ3n) is 2.86. The van der Waals surface area contributed by atoms with Crippen molar-refractivity contribution in [2.24, 2.45) is 0 Å². The van der Waals surface area contributed by atoms with Gasteiger partial charge in [0.2, 0.25) is 0 Å². The molecule has 0 radical (unpaired) electrons. The highest BCUT2D eigenvalue weighted by Gasteiger charge is 2.28. The Morgan fingerprint density at radius 1 is 1.44 bits per heavy atom. The van der Waals surface area contributed by atoms with Crippen molar-refractivity contribution in [2.75, 3.05) is 22.6 Å². The molecule has 1 saturated heterocycles. The lowest BCUT2D eigenvalue weighted by molar-refractivity contribution is 0.602. The molecule has 1 fully saturated rings. The molecule has 1 unspecified atom stereocenters. The summed E-state index contributed by atoms with van der Waals surface area (Å²) in [4.78, 5) is 8.49. The SMILES string of the molecule is CC(C)c1nc(N)cc(NC2CCS(=O)(=O)C2)n1. The van der Waals surface area contributed by atoms with E-state index < -0.39 is 9.84 Å². The normalized spacial score (nSPS) is 22.3. The van der Waals surface area contributed by atoms with Crippen LogP contribution in [0, 0.1) is 0 Å². The molecule has 1 aromatic rings. The van der Waals surface area contributed by atoms with Crippen LogP contribution in [0.25, 0.3) is 0 Å². The molecule has 0 spiro atoms. The Morgan fingerprint density at radius 2 is 2.17 bits per heavy atom. The van der Waals surface area contributed by atoms with E-state index in [1.807, 2.05) is 13.8 Å². The summed E-state index contributed by atoms with van der Waals surface area (Å²) >= 11 is 0. The van der Waals surface area contributed by atoms with E-state index in [-0.39, 0.29) is 23.5 Å². The zero-order valence-corrected chi connectivity index (χ0v) is 11.4. The van der Waals surface area contributed by atoms with Crippen LogP contribution in [0.15, 0.2) is 6.07 Å². The minimum atomic E-state index is -2.89. The number of nitrogens with two attached hydrogens (primary N) is 1. The predicted molar refractivity (Wildman–Crippen MR) is 71.2 cm³/mol. The maximum absolute atomic E-state index is 11.4. The average molecular weight is 270 g/mol. The van der Waals surface area contributed by atoms with Crippen molar-refractivity contribution in [3.05, 3.63) is 11.9 Å². The minimum Gasteiger partial charge on any atom is -0.384 e. The standard InChI is InChI=1S/C11H18N4O2S/c1-7(2)11-14-9(12)5-10(15-11)13-8-3-4-18(16,17)6-8/h5,7-8H,3-4,6H2,1-2H3,(H3,12,13,14,15). The van der Waals surface area contributed by atoms with Crippen LogP contribution in [0.5, 0.6) is 0 Å². The van der Waals surface area contributed by atoms with E-state index >= 15 is 0 Å². The van der Waals surface area contributed by atoms with Crippen LogP contribution in [-0.4, -0.2) is 35.9 Å². The van der Waals surface area contributed by atoms with Gasteiger partial charge in [0, 0.05) is 18.0 Å². The van der Waals surface area contributed by atoms with Crippen LogP contribution >= 0.6 is 0 Å². The van der Waals surface area contributed by atoms with Crippen molar-refractivity contribution in [2.45, 2.75) is 32.2 Å². The smallest absolute Gasteiger partial charge is 0.152 e. The molecule has 18 heavy (non-hydrogen) atoms. The van der Waals surface area contributed by atoms with Gasteiger partial charge in [-0.3, -0.25) is 0 Å². The molecule has 1 atom stereocenters. The fraction of sp³-hybridized carbons (Fsp3) is 0.636. The second-order valence-electron chi connectivity index (χ2n) is 4.94. The maximum atomic E-state index is 11.4. The molecule has 0 aromatic carbocycles. The quantitative estimate of drug-likeness (QED) is 0.842. The van der Waals surface area contributed by atoms with Crippen molar-refractivity contribution in [1.29, 1.82) is 0 Å². The van der Waals surface area contributed by atoms with Gasteiger partial charge in [-0.2, -0.15) is 0 Å². The second kappa shape index (κ2) is 4.72. The molecule has 2 heterocycles. The Labute approximate surface area is 107 Å². The summed E-state index contributed by atoms with van der Waals surface area (Å²) in [5.41, 5.74) is 5.72. The Morgan fingerprint density at radius 3 is 2.72 bits per heavy atom. The minimum absolute atomic E-state index is 0.0793. The molecule has 0 amide bonds. The highest BCUT2D eigenvalue weighted by molar-refractivity contribution is 7.91. The zero-order valence-electron chi connectivity index (χ0n) is 10.5. The predicted octanol–water partition coefficient (Wildman–Crippen LogP) is 0.781. The molecule has 7 heteroatoms. The van der Waals surface area contributed by atoms with E-state index in [1.54, 1.807) is 6.07 Å². The first-order valence-corrected chi connectivity index (χ1v) is 7.79. The Hall–Kier alpha value is -1.37. The fourth-order valence-electron chi connectivity index (χ4n) is 1.94. The van der Waals surface area contributed by atoms with Gasteiger partial charge in [-0.05, 0) is 6.42 Å². The number of anilines is 2. The van der Waals surface area contributed by atoms with Gasteiger partial charge < -0.3 is 11.1 Å². The lowest BCUT2D eigenvalue weighted by Crippen LogP contribution is -2.22. The Bertz CT molecular complexity index is 542. The third kappa shape index (κ3) is 3.10. The lowest BCUT2D eigenvalue weighted by Gasteiger charge is -2.13. The van der Waals surface area contributed by atoms with E-state index in [2.05, 4.69) is 15.3 Å². The van der Waals surface area contributed by atoms with Gasteiger partial charge in [-0.25, -0.2) is 18.4 Å². The number of nitrogens with zero attached hydrogens (tertiary/aromatic N) is 2. The third-order valence-corrected chi connectivity index (χ3v) is 4.63. The molecule has 0 aliphatic carbocycles. The molecule has 3 N–H and O–H groups in total. The number of rotatable bonds is 3. The zero-order chi connectivity index (χ0) is 13.3. The largest absolute Gasteiger partial charge is 0.384 e. The number of hydrogen-bond donors (Lipinski definition) is 2. The average Bonchev–Trinajstić information content (AvgIpc) is 2.57. The van der Waals surface area contributed by atoms with Crippen LogP contribution in [-0.2, 0) is 9.84 Å². The molecule has 1 aromatic heterocycles. The lowest BCUT2D eigenvalue weighted by atomic mass is 10.2. The monoisotopic (exact) mass is 270 g/mol. The van der Waals surface area contributed by atoms with Gasteiger partial charge in [0.15, 0.2) is 9.84 Å². The Kier molecular flexibility index (Phi) is 3.43. The first-order valence-electron chi connectivity index (χ1n) is 5.97. The second-order valence-corrected chi connectivity index (χ2v) is 7.16. The highest BCUT2D eigenvalue weighted by atomic mass is 32.2. The fourth-order valence-corrected chi connectivity index (χ4v) is 3.61. The molecule has 0 saturated carbocycles. The van der Waals surface area contributed by atoms with Crippen molar-refractivity contribution < 1.29 is 8.42 Å². The van der Waals surface area contributed by atoms with Crippen LogP contribution in [0.4, 0.5) is 11.6 Å². The summed E-state index contributed by atoms with van der Waals surface area (Å²) in [6, 6.07) is 1.56. The summed E-state index contributed by atoms with van der Waals surface area (Å²) in [5.74, 6) is 2.25. The molecule has 2 rings (SSSR count). The summed E-state index contributed by atoms with van der Waals surface area (Å²) in [6.45, 7) is 3.97. The number of nitrogen functional groups attached to an aromatic ring is 1. The Balaban J connectivity index is 2.15. The first-order chi connectivity index (χ1) is 8.35. The van der Waals surface area contributed by atoms with E-state index in [9.17, 15) is 8.42 Å². The summed E-state index contributed by atoms with van der Waals surface area (Å²) in [6.07, 6.45) is 0.614. The van der Waals surface area contributed by atoms with E-state index in [0.717, 1.165) is 0 Å². The van der Waals surface area contributed by atoms with E-state index in [0.29, 0.717) is 23.9 Å². The number of nitrogens with one attached hydrogen (secondary N) is 1. The van der Waals surface area contributed by atoms with Gasteiger partial charge in [0.25, 0.3) is 0 Å². The van der Waals surface area contributed by atoms with Crippen molar-refractivity contribution >= 4 is 21.5 Å². The summed E-state index contributed by atoms with van der Waals surface area (Å²) in [5, 5.41) is 3.12. The molecule has 1 aliphatic heterocycles. The summed E-state index contributed by atoms with van der Waals surface area (Å²) < 4.78 is 22.8. The maximum Gasteiger partial charge on any atom is 0.152 e. The number of sulfone groups is 1. The topological polar surface area (TPSA) is 98.0 Å². The van der Waals surface area contributed by atoms with Gasteiger partial charge >= 0.3 is 0 Å². The molecule has 1 aliphatic rings. The van der Waals surface area contributed by atoms with Crippen LogP contribution in [0.1, 0.15) is 32.0 Å². The molecule has 100 valence electrons. The van der Waals surface area contributed by atoms with Gasteiger partial charge in [-0.1, -0.05) is 13.8 Å². The van der Waals surface area contributed by atoms with Crippen LogP contribution in [0.2, 0.25) is 0 Å². The van der Waals surface area contributed by atoms with Crippen molar-refractivity contribution in [3.63, 3.8) is 0 Å². The summed E-state index contributed by atoms with van der Waals surface area (Å²) in [7, 11) is -2.89. The van der Waals surface area contributed by atoms with E-state index in [1.165, 1.54) is 0 Å². The van der Waals surface area contributed by atoms with Gasteiger partial charge in [-0.15, -0.1) is 0 Å². The van der Waals surface area contributed by atoms with Crippen LogP contribution in [0.3, 0.4) is 0 Å². The number of aromatic nitrogens is 2. The van der Waals surface area contributed by atoms with Crippen LogP contribution < -0.4 is 11.1 Å². The molecular weight excluding hydrogens is 252 g/mol. The van der Waals surface area contributed by atoms with E-state index in [4.69, 9.17) is 5.73 Å². The molecular formula is C11H18N4O2S. The first kappa shape index (κ1) is 13.1. The highest BCUT2D eigenvalue weighted by Crippen LogP contribution is 2.19. The molecule has 6 nitrogen and oxygen atoms in total. The van der Waals surface area contributed by atoms with Gasteiger partial charge in [0.05, 0.1) is 11.5 Å².